The highest BCUT2D eigenvalue weighted by atomic mass is 16.4. The van der Waals surface area contributed by atoms with E-state index < -0.39 is 11.9 Å². The summed E-state index contributed by atoms with van der Waals surface area (Å²) in [6.07, 6.45) is 1.49. The van der Waals surface area contributed by atoms with Crippen molar-refractivity contribution in [2.24, 2.45) is 19.8 Å². The van der Waals surface area contributed by atoms with Crippen LogP contribution in [0.15, 0.2) is 11.0 Å². The maximum atomic E-state index is 11.3. The van der Waals surface area contributed by atoms with Gasteiger partial charge in [-0.25, -0.2) is 4.79 Å². The average Bonchev–Trinajstić information content (AvgIpc) is 2.35. The van der Waals surface area contributed by atoms with E-state index in [-0.39, 0.29) is 12.2 Å². The van der Waals surface area contributed by atoms with Crippen LogP contribution in [0.5, 0.6) is 0 Å². The first-order chi connectivity index (χ1) is 6.49. The van der Waals surface area contributed by atoms with Crippen molar-refractivity contribution >= 4 is 5.97 Å². The molecule has 0 fully saturated rings. The molecule has 1 atom stereocenters. The monoisotopic (exact) mass is 199 g/mol. The Morgan fingerprint density at radius 3 is 2.50 bits per heavy atom. The minimum Gasteiger partial charge on any atom is -0.481 e. The van der Waals surface area contributed by atoms with Crippen LogP contribution in [0, 0.1) is 0 Å². The molecule has 1 unspecified atom stereocenters. The van der Waals surface area contributed by atoms with E-state index in [0.717, 1.165) is 0 Å². The number of aryl methyl sites for hydroxylation is 1. The predicted octanol–water partition coefficient (Wildman–Crippen LogP) is -1.15. The number of nitrogens with zero attached hydrogens (tertiary/aromatic N) is 2. The zero-order valence-corrected chi connectivity index (χ0v) is 8.10. The number of carboxylic acid groups (broad SMARTS) is 1. The fourth-order valence-corrected chi connectivity index (χ4v) is 1.36. The molecule has 0 aliphatic heterocycles. The molecule has 0 bridgehead atoms. The molecule has 0 radical (unpaired) electrons. The van der Waals surface area contributed by atoms with Crippen molar-refractivity contribution < 1.29 is 9.90 Å². The largest absolute Gasteiger partial charge is 0.481 e. The number of hydrogen-bond acceptors (Lipinski definition) is 3. The van der Waals surface area contributed by atoms with Crippen LogP contribution in [0.25, 0.3) is 0 Å². The van der Waals surface area contributed by atoms with Crippen LogP contribution in [0.1, 0.15) is 11.6 Å². The van der Waals surface area contributed by atoms with Gasteiger partial charge in [-0.2, -0.15) is 0 Å². The lowest BCUT2D eigenvalue weighted by molar-refractivity contribution is -0.138. The molecular formula is C8H13N3O3. The summed E-state index contributed by atoms with van der Waals surface area (Å²) in [6, 6.07) is 0. The van der Waals surface area contributed by atoms with Crippen LogP contribution in [0.2, 0.25) is 0 Å². The van der Waals surface area contributed by atoms with Gasteiger partial charge in [0, 0.05) is 26.8 Å². The molecule has 6 heteroatoms. The SMILES string of the molecule is Cn1cc(C(CN)C(=O)O)n(C)c1=O. The highest BCUT2D eigenvalue weighted by Gasteiger charge is 2.22. The van der Waals surface area contributed by atoms with Crippen LogP contribution in [-0.2, 0) is 18.9 Å². The zero-order valence-electron chi connectivity index (χ0n) is 8.10. The zero-order chi connectivity index (χ0) is 10.9. The number of rotatable bonds is 3. The third-order valence-electron chi connectivity index (χ3n) is 2.19. The summed E-state index contributed by atoms with van der Waals surface area (Å²) in [5.41, 5.74) is 5.50. The van der Waals surface area contributed by atoms with Crippen molar-refractivity contribution in [2.75, 3.05) is 6.54 Å². The maximum Gasteiger partial charge on any atom is 0.327 e. The maximum absolute atomic E-state index is 11.3. The van der Waals surface area contributed by atoms with Crippen LogP contribution < -0.4 is 11.4 Å². The lowest BCUT2D eigenvalue weighted by atomic mass is 10.1. The van der Waals surface area contributed by atoms with Crippen LogP contribution in [-0.4, -0.2) is 26.8 Å². The second kappa shape index (κ2) is 3.67. The number of carbonyl (C=O) groups is 1. The summed E-state index contributed by atoms with van der Waals surface area (Å²) >= 11 is 0. The molecule has 0 aliphatic rings. The Balaban J connectivity index is 3.24. The molecule has 0 aliphatic carbocycles. The molecule has 1 rings (SSSR count). The predicted molar refractivity (Wildman–Crippen MR) is 50.1 cm³/mol. The van der Waals surface area contributed by atoms with E-state index in [2.05, 4.69) is 0 Å². The van der Waals surface area contributed by atoms with Gasteiger partial charge in [0.15, 0.2) is 0 Å². The number of hydrogen-bond donors (Lipinski definition) is 2. The molecule has 1 aromatic heterocycles. The first-order valence-corrected chi connectivity index (χ1v) is 4.14. The second-order valence-corrected chi connectivity index (χ2v) is 3.13. The minimum atomic E-state index is -1.02. The molecule has 1 heterocycles. The first kappa shape index (κ1) is 10.5. The Hall–Kier alpha value is -1.56. The lowest BCUT2D eigenvalue weighted by Crippen LogP contribution is -2.26. The van der Waals surface area contributed by atoms with Gasteiger partial charge in [-0.15, -0.1) is 0 Å². The highest BCUT2D eigenvalue weighted by Crippen LogP contribution is 2.11. The third kappa shape index (κ3) is 1.56. The first-order valence-electron chi connectivity index (χ1n) is 4.14. The van der Waals surface area contributed by atoms with E-state index >= 15 is 0 Å². The van der Waals surface area contributed by atoms with Gasteiger partial charge in [0.1, 0.15) is 5.92 Å². The van der Waals surface area contributed by atoms with E-state index in [1.165, 1.54) is 22.4 Å². The smallest absolute Gasteiger partial charge is 0.327 e. The van der Waals surface area contributed by atoms with Crippen molar-refractivity contribution in [2.45, 2.75) is 5.92 Å². The van der Waals surface area contributed by atoms with Gasteiger partial charge in [0.25, 0.3) is 0 Å². The molecule has 0 aromatic carbocycles. The molecular weight excluding hydrogens is 186 g/mol. The fourth-order valence-electron chi connectivity index (χ4n) is 1.36. The summed E-state index contributed by atoms with van der Waals surface area (Å²) in [6.45, 7) is -0.0212. The van der Waals surface area contributed by atoms with Gasteiger partial charge < -0.3 is 15.4 Å². The number of imidazole rings is 1. The molecule has 0 saturated heterocycles. The standard InChI is InChI=1S/C8H13N3O3/c1-10-4-6(11(2)8(10)14)5(3-9)7(12)13/h4-5H,3,9H2,1-2H3,(H,12,13). The van der Waals surface area contributed by atoms with Gasteiger partial charge in [-0.05, 0) is 0 Å². The molecule has 0 saturated carbocycles. The van der Waals surface area contributed by atoms with E-state index in [9.17, 15) is 9.59 Å². The van der Waals surface area contributed by atoms with Crippen molar-refractivity contribution in [3.05, 3.63) is 22.4 Å². The van der Waals surface area contributed by atoms with E-state index in [0.29, 0.717) is 5.69 Å². The quantitative estimate of drug-likeness (QED) is 0.643. The second-order valence-electron chi connectivity index (χ2n) is 3.13. The fraction of sp³-hybridized carbons (Fsp3) is 0.500. The Bertz CT molecular complexity index is 404. The van der Waals surface area contributed by atoms with Crippen molar-refractivity contribution in [3.63, 3.8) is 0 Å². The molecule has 0 spiro atoms. The van der Waals surface area contributed by atoms with Crippen molar-refractivity contribution in [1.82, 2.24) is 9.13 Å². The molecule has 78 valence electrons. The van der Waals surface area contributed by atoms with Crippen LogP contribution in [0.3, 0.4) is 0 Å². The molecule has 0 amide bonds. The van der Waals surface area contributed by atoms with Gasteiger partial charge in [-0.1, -0.05) is 0 Å². The van der Waals surface area contributed by atoms with Gasteiger partial charge in [-0.3, -0.25) is 9.36 Å². The number of aromatic nitrogens is 2. The van der Waals surface area contributed by atoms with Gasteiger partial charge in [0.05, 0.1) is 5.69 Å². The summed E-state index contributed by atoms with van der Waals surface area (Å²) < 4.78 is 2.63. The van der Waals surface area contributed by atoms with E-state index in [4.69, 9.17) is 10.8 Å². The topological polar surface area (TPSA) is 90.2 Å². The Morgan fingerprint density at radius 2 is 2.21 bits per heavy atom. The highest BCUT2D eigenvalue weighted by molar-refractivity contribution is 5.75. The summed E-state index contributed by atoms with van der Waals surface area (Å²) in [7, 11) is 3.10. The number of nitrogens with two attached hydrogens (primary N) is 1. The molecule has 14 heavy (non-hydrogen) atoms. The summed E-state index contributed by atoms with van der Waals surface area (Å²) in [5, 5.41) is 8.85. The molecule has 6 nitrogen and oxygen atoms in total. The molecule has 3 N–H and O–H groups in total. The summed E-state index contributed by atoms with van der Waals surface area (Å²) in [4.78, 5) is 22.1. The minimum absolute atomic E-state index is 0.0212. The number of aliphatic carboxylic acids is 1. The number of carboxylic acids is 1. The Kier molecular flexibility index (Phi) is 2.76. The Morgan fingerprint density at radius 1 is 1.64 bits per heavy atom. The average molecular weight is 199 g/mol. The van der Waals surface area contributed by atoms with Gasteiger partial charge >= 0.3 is 11.7 Å². The van der Waals surface area contributed by atoms with Crippen molar-refractivity contribution in [1.29, 1.82) is 0 Å². The van der Waals surface area contributed by atoms with Crippen molar-refractivity contribution in [3.8, 4) is 0 Å². The van der Waals surface area contributed by atoms with E-state index in [1.54, 1.807) is 7.05 Å². The van der Waals surface area contributed by atoms with Gasteiger partial charge in [0.2, 0.25) is 0 Å². The van der Waals surface area contributed by atoms with Crippen LogP contribution in [0.4, 0.5) is 0 Å². The Labute approximate surface area is 80.6 Å². The summed E-state index contributed by atoms with van der Waals surface area (Å²) in [5.74, 6) is -1.84. The van der Waals surface area contributed by atoms with Crippen LogP contribution >= 0.6 is 0 Å². The third-order valence-corrected chi connectivity index (χ3v) is 2.19. The lowest BCUT2D eigenvalue weighted by Gasteiger charge is -2.08. The van der Waals surface area contributed by atoms with E-state index in [1.807, 2.05) is 0 Å². The normalized spacial score (nSPS) is 12.8. The molecule has 1 aromatic rings.